The van der Waals surface area contributed by atoms with Crippen molar-refractivity contribution in [2.24, 2.45) is 0 Å². The lowest BCUT2D eigenvalue weighted by Crippen LogP contribution is -2.28. The highest BCUT2D eigenvalue weighted by Crippen LogP contribution is 2.29. The molecule has 1 aromatic heterocycles. The normalized spacial score (nSPS) is 12.0. The summed E-state index contributed by atoms with van der Waals surface area (Å²) in [6, 6.07) is 5.67. The zero-order valence-electron chi connectivity index (χ0n) is 11.8. The van der Waals surface area contributed by atoms with Gasteiger partial charge >= 0.3 is 0 Å². The molecule has 0 fully saturated rings. The number of halogens is 1. The lowest BCUT2D eigenvalue weighted by atomic mass is 10.1. The molecule has 0 saturated heterocycles. The number of pyridine rings is 1. The molecule has 2 rings (SSSR count). The van der Waals surface area contributed by atoms with Crippen molar-refractivity contribution in [1.82, 2.24) is 9.29 Å². The van der Waals surface area contributed by atoms with Gasteiger partial charge in [0, 0.05) is 30.5 Å². The minimum atomic E-state index is -3.24. The number of nitrogen functional groups attached to an aromatic ring is 1. The molecule has 21 heavy (non-hydrogen) atoms. The number of aromatic nitrogens is 1. The molecular formula is C13H17BrN4O2S. The van der Waals surface area contributed by atoms with E-state index in [0.717, 1.165) is 15.4 Å². The Bertz CT molecular complexity index is 757. The van der Waals surface area contributed by atoms with E-state index in [2.05, 4.69) is 26.2 Å². The van der Waals surface area contributed by atoms with Gasteiger partial charge in [-0.2, -0.15) is 0 Å². The number of fused-ring (bicyclic) bond motifs is 1. The van der Waals surface area contributed by atoms with Crippen LogP contribution in [0, 0.1) is 0 Å². The quantitative estimate of drug-likeness (QED) is 0.836. The third-order valence-electron chi connectivity index (χ3n) is 3.08. The van der Waals surface area contributed by atoms with Crippen molar-refractivity contribution in [2.75, 3.05) is 37.4 Å². The fraction of sp³-hybridized carbons (Fsp3) is 0.308. The van der Waals surface area contributed by atoms with Gasteiger partial charge in [-0.25, -0.2) is 12.7 Å². The minimum Gasteiger partial charge on any atom is -0.396 e. The van der Waals surface area contributed by atoms with E-state index in [4.69, 9.17) is 5.73 Å². The summed E-state index contributed by atoms with van der Waals surface area (Å²) < 4.78 is 25.6. The molecule has 8 heteroatoms. The lowest BCUT2D eigenvalue weighted by molar-refractivity contribution is 0.521. The molecule has 6 nitrogen and oxygen atoms in total. The zero-order valence-corrected chi connectivity index (χ0v) is 14.2. The van der Waals surface area contributed by atoms with Gasteiger partial charge in [-0.15, -0.1) is 0 Å². The predicted octanol–water partition coefficient (Wildman–Crippen LogP) is 1.88. The summed E-state index contributed by atoms with van der Waals surface area (Å²) in [5, 5.41) is 3.96. The Morgan fingerprint density at radius 2 is 2.10 bits per heavy atom. The van der Waals surface area contributed by atoms with Crippen LogP contribution in [-0.2, 0) is 10.0 Å². The van der Waals surface area contributed by atoms with E-state index in [9.17, 15) is 8.42 Å². The molecule has 0 aliphatic rings. The number of rotatable bonds is 5. The highest BCUT2D eigenvalue weighted by atomic mass is 79.9. The Kier molecular flexibility index (Phi) is 4.70. The second-order valence-corrected chi connectivity index (χ2v) is 7.99. The molecular weight excluding hydrogens is 356 g/mol. The summed E-state index contributed by atoms with van der Waals surface area (Å²) in [5.74, 6) is -0.00272. The number of nitrogens with zero attached hydrogens (tertiary/aromatic N) is 2. The van der Waals surface area contributed by atoms with E-state index in [1.807, 2.05) is 18.2 Å². The molecule has 0 radical (unpaired) electrons. The van der Waals surface area contributed by atoms with E-state index in [1.165, 1.54) is 18.4 Å². The van der Waals surface area contributed by atoms with Crippen LogP contribution in [0.25, 0.3) is 10.9 Å². The molecule has 0 atom stereocenters. The number of anilines is 2. The van der Waals surface area contributed by atoms with Crippen LogP contribution < -0.4 is 11.1 Å². The van der Waals surface area contributed by atoms with Gasteiger partial charge < -0.3 is 11.1 Å². The van der Waals surface area contributed by atoms with Gasteiger partial charge in [0.05, 0.1) is 28.8 Å². The van der Waals surface area contributed by atoms with Crippen molar-refractivity contribution in [3.63, 3.8) is 0 Å². The minimum absolute atomic E-state index is 0.00272. The maximum absolute atomic E-state index is 11.8. The summed E-state index contributed by atoms with van der Waals surface area (Å²) in [7, 11) is -0.204. The molecule has 2 aromatic rings. The molecule has 0 spiro atoms. The summed E-state index contributed by atoms with van der Waals surface area (Å²) in [5.41, 5.74) is 7.94. The van der Waals surface area contributed by atoms with Crippen LogP contribution >= 0.6 is 15.9 Å². The predicted molar refractivity (Wildman–Crippen MR) is 89.8 cm³/mol. The van der Waals surface area contributed by atoms with Crippen LogP contribution in [-0.4, -0.2) is 44.1 Å². The van der Waals surface area contributed by atoms with Crippen molar-refractivity contribution in [1.29, 1.82) is 0 Å². The first kappa shape index (κ1) is 16.0. The van der Waals surface area contributed by atoms with Crippen LogP contribution in [0.2, 0.25) is 0 Å². The second kappa shape index (κ2) is 6.17. The molecule has 3 N–H and O–H groups in total. The van der Waals surface area contributed by atoms with Crippen LogP contribution in [0.1, 0.15) is 0 Å². The van der Waals surface area contributed by atoms with Crippen LogP contribution in [0.3, 0.4) is 0 Å². The number of hydrogen-bond donors (Lipinski definition) is 2. The smallest absolute Gasteiger partial charge is 0.215 e. The Morgan fingerprint density at radius 1 is 1.38 bits per heavy atom. The summed E-state index contributed by atoms with van der Waals surface area (Å²) >= 11 is 3.41. The number of sulfonamides is 1. The monoisotopic (exact) mass is 372 g/mol. The molecule has 114 valence electrons. The van der Waals surface area contributed by atoms with Gasteiger partial charge in [-0.3, -0.25) is 4.98 Å². The van der Waals surface area contributed by atoms with Crippen molar-refractivity contribution in [2.45, 2.75) is 0 Å². The Labute approximate surface area is 132 Å². The Balaban J connectivity index is 2.26. The third kappa shape index (κ3) is 3.63. The third-order valence-corrected chi connectivity index (χ3v) is 5.40. The average Bonchev–Trinajstić information content (AvgIpc) is 2.41. The van der Waals surface area contributed by atoms with Crippen molar-refractivity contribution in [3.8, 4) is 0 Å². The topological polar surface area (TPSA) is 88.3 Å². The molecule has 0 bridgehead atoms. The van der Waals surface area contributed by atoms with E-state index in [-0.39, 0.29) is 12.3 Å². The van der Waals surface area contributed by atoms with Gasteiger partial charge in [-0.1, -0.05) is 15.9 Å². The molecule has 1 aromatic carbocycles. The first-order chi connectivity index (χ1) is 9.81. The fourth-order valence-corrected chi connectivity index (χ4v) is 2.95. The number of nitrogens with two attached hydrogens (primary N) is 1. The van der Waals surface area contributed by atoms with Crippen molar-refractivity contribution in [3.05, 3.63) is 28.9 Å². The summed E-state index contributed by atoms with van der Waals surface area (Å²) in [6.45, 7) is 0.274. The van der Waals surface area contributed by atoms with Gasteiger partial charge in [0.15, 0.2) is 0 Å². The van der Waals surface area contributed by atoms with Crippen LogP contribution in [0.4, 0.5) is 11.4 Å². The van der Waals surface area contributed by atoms with Gasteiger partial charge in [0.25, 0.3) is 0 Å². The Hall–Kier alpha value is -1.38. The van der Waals surface area contributed by atoms with Gasteiger partial charge in [0.2, 0.25) is 10.0 Å². The maximum atomic E-state index is 11.8. The first-order valence-electron chi connectivity index (χ1n) is 6.29. The van der Waals surface area contributed by atoms with Gasteiger partial charge in [-0.05, 0) is 18.2 Å². The van der Waals surface area contributed by atoms with E-state index in [0.29, 0.717) is 11.4 Å². The largest absolute Gasteiger partial charge is 0.396 e. The first-order valence-corrected chi connectivity index (χ1v) is 8.69. The van der Waals surface area contributed by atoms with Crippen LogP contribution in [0.15, 0.2) is 28.9 Å². The van der Waals surface area contributed by atoms with Crippen molar-refractivity contribution < 1.29 is 8.42 Å². The highest BCUT2D eigenvalue weighted by molar-refractivity contribution is 9.10. The average molecular weight is 373 g/mol. The Morgan fingerprint density at radius 3 is 2.76 bits per heavy atom. The summed E-state index contributed by atoms with van der Waals surface area (Å²) in [6.07, 6.45) is 1.57. The molecule has 1 heterocycles. The fourth-order valence-electron chi connectivity index (χ4n) is 1.87. The van der Waals surface area contributed by atoms with Crippen molar-refractivity contribution >= 4 is 48.2 Å². The molecule has 0 amide bonds. The molecule has 0 aliphatic carbocycles. The molecule has 0 unspecified atom stereocenters. The van der Waals surface area contributed by atoms with Gasteiger partial charge in [0.1, 0.15) is 0 Å². The number of benzene rings is 1. The molecule has 0 aliphatic heterocycles. The molecule has 0 saturated carbocycles. The van der Waals surface area contributed by atoms with Crippen LogP contribution in [0.5, 0.6) is 0 Å². The van der Waals surface area contributed by atoms with E-state index < -0.39 is 10.0 Å². The standard InChI is InChI=1S/C13H17BrN4O2S/c1-18(2)21(19,20)6-5-16-13-10-7-9(14)3-4-12(10)17-8-11(13)15/h3-4,7-8H,5-6,15H2,1-2H3,(H,16,17). The summed E-state index contributed by atoms with van der Waals surface area (Å²) in [4.78, 5) is 4.26. The second-order valence-electron chi connectivity index (χ2n) is 4.78. The number of nitrogens with one attached hydrogen (secondary N) is 1. The maximum Gasteiger partial charge on any atom is 0.215 e. The van der Waals surface area contributed by atoms with E-state index >= 15 is 0 Å². The highest BCUT2D eigenvalue weighted by Gasteiger charge is 2.14. The number of hydrogen-bond acceptors (Lipinski definition) is 5. The van der Waals surface area contributed by atoms with E-state index in [1.54, 1.807) is 6.20 Å². The lowest BCUT2D eigenvalue weighted by Gasteiger charge is -2.14. The zero-order chi connectivity index (χ0) is 15.6. The SMILES string of the molecule is CN(C)S(=O)(=O)CCNc1c(N)cnc2ccc(Br)cc12.